The minimum absolute atomic E-state index is 0. The number of rotatable bonds is 4. The summed E-state index contributed by atoms with van der Waals surface area (Å²) in [6.45, 7) is 2.53. The Morgan fingerprint density at radius 2 is 2.00 bits per heavy atom. The Morgan fingerprint density at radius 1 is 1.32 bits per heavy atom. The zero-order valence-electron chi connectivity index (χ0n) is 15.1. The molecule has 1 aliphatic heterocycles. The molecule has 1 amide bonds. The first-order valence-corrected chi connectivity index (χ1v) is 8.55. The third-order valence-electron chi connectivity index (χ3n) is 4.52. The lowest BCUT2D eigenvalue weighted by molar-refractivity contribution is -0.183. The van der Waals surface area contributed by atoms with Crippen LogP contribution in [0.3, 0.4) is 0 Å². The van der Waals surface area contributed by atoms with Crippen molar-refractivity contribution in [3.8, 4) is 0 Å². The van der Waals surface area contributed by atoms with Gasteiger partial charge in [0, 0.05) is 45.1 Å². The van der Waals surface area contributed by atoms with E-state index < -0.39 is 30.2 Å². The fourth-order valence-electron chi connectivity index (χ4n) is 3.07. The molecule has 3 heterocycles. The van der Waals surface area contributed by atoms with Gasteiger partial charge >= 0.3 is 6.18 Å². The molecule has 1 fully saturated rings. The molecule has 0 spiro atoms. The maximum absolute atomic E-state index is 13.4. The van der Waals surface area contributed by atoms with E-state index in [4.69, 9.17) is 0 Å². The van der Waals surface area contributed by atoms with E-state index in [2.05, 4.69) is 15.6 Å². The number of halogens is 4. The fraction of sp³-hybridized carbons (Fsp3) is 0.471. The smallest absolute Gasteiger partial charge is 0.350 e. The molecule has 2 N–H and O–H groups in total. The van der Waals surface area contributed by atoms with Crippen LogP contribution in [0, 0.1) is 6.92 Å². The predicted molar refractivity (Wildman–Crippen MR) is 100 cm³/mol. The Balaban J connectivity index is 0.00000280. The average molecular weight is 420 g/mol. The molecular weight excluding hydrogens is 399 g/mol. The molecule has 1 atom stereocenters. The number of aryl methyl sites for hydroxylation is 1. The highest BCUT2D eigenvalue weighted by molar-refractivity contribution is 5.93. The minimum atomic E-state index is -4.49. The Bertz CT molecular complexity index is 896. The number of fused-ring (bicyclic) bond motifs is 1. The summed E-state index contributed by atoms with van der Waals surface area (Å²) >= 11 is 0. The second kappa shape index (κ2) is 8.89. The summed E-state index contributed by atoms with van der Waals surface area (Å²) in [6.07, 6.45) is -1.87. The number of nitrogens with one attached hydrogen (secondary N) is 2. The van der Waals surface area contributed by atoms with E-state index >= 15 is 0 Å². The van der Waals surface area contributed by atoms with Gasteiger partial charge in [0.2, 0.25) is 0 Å². The van der Waals surface area contributed by atoms with Crippen LogP contribution in [0.2, 0.25) is 0 Å². The zero-order valence-corrected chi connectivity index (χ0v) is 15.9. The van der Waals surface area contributed by atoms with Crippen LogP contribution in [-0.2, 0) is 0 Å². The van der Waals surface area contributed by atoms with E-state index in [1.165, 1.54) is 15.5 Å². The quantitative estimate of drug-likeness (QED) is 0.772. The number of hydrogen-bond donors (Lipinski definition) is 2. The van der Waals surface area contributed by atoms with E-state index in [1.807, 2.05) is 0 Å². The van der Waals surface area contributed by atoms with Crippen LogP contribution in [0.15, 0.2) is 29.3 Å². The van der Waals surface area contributed by atoms with Gasteiger partial charge in [-0.3, -0.25) is 18.9 Å². The summed E-state index contributed by atoms with van der Waals surface area (Å²) in [6, 6.07) is 1.59. The molecule has 2 aromatic rings. The summed E-state index contributed by atoms with van der Waals surface area (Å²) in [5.41, 5.74) is 0.238. The van der Waals surface area contributed by atoms with Gasteiger partial charge in [-0.05, 0) is 18.6 Å². The highest BCUT2D eigenvalue weighted by Crippen LogP contribution is 2.24. The monoisotopic (exact) mass is 419 g/mol. The lowest BCUT2D eigenvalue weighted by Gasteiger charge is -2.35. The summed E-state index contributed by atoms with van der Waals surface area (Å²) in [7, 11) is 0. The van der Waals surface area contributed by atoms with Crippen molar-refractivity contribution in [2.45, 2.75) is 19.1 Å². The molecule has 2 aromatic heterocycles. The van der Waals surface area contributed by atoms with Crippen LogP contribution >= 0.6 is 12.4 Å². The second-order valence-corrected chi connectivity index (χ2v) is 6.47. The Hall–Kier alpha value is -2.17. The van der Waals surface area contributed by atoms with Gasteiger partial charge in [0.15, 0.2) is 0 Å². The van der Waals surface area contributed by atoms with E-state index in [0.29, 0.717) is 18.7 Å². The summed E-state index contributed by atoms with van der Waals surface area (Å²) in [5.74, 6) is -0.868. The van der Waals surface area contributed by atoms with Crippen molar-refractivity contribution in [1.29, 1.82) is 0 Å². The largest absolute Gasteiger partial charge is 0.405 e. The number of carbonyl (C=O) groups excluding carboxylic acids is 1. The van der Waals surface area contributed by atoms with Crippen LogP contribution in [0.4, 0.5) is 13.2 Å². The van der Waals surface area contributed by atoms with Gasteiger partial charge in [0.1, 0.15) is 17.3 Å². The molecule has 1 aliphatic rings. The SMILES string of the molecule is Cc1ccc2ncc(C(=O)NCC(N3CCNCC3)C(F)(F)F)c(=O)n2c1.Cl. The van der Waals surface area contributed by atoms with Crippen molar-refractivity contribution >= 4 is 24.0 Å². The molecule has 0 aromatic carbocycles. The summed E-state index contributed by atoms with van der Waals surface area (Å²) in [5, 5.41) is 5.24. The number of hydrogen-bond acceptors (Lipinski definition) is 5. The van der Waals surface area contributed by atoms with E-state index in [9.17, 15) is 22.8 Å². The van der Waals surface area contributed by atoms with Crippen molar-refractivity contribution in [3.63, 3.8) is 0 Å². The van der Waals surface area contributed by atoms with Gasteiger partial charge in [0.05, 0.1) is 0 Å². The Labute approximate surface area is 165 Å². The number of alkyl halides is 3. The topological polar surface area (TPSA) is 78.7 Å². The highest BCUT2D eigenvalue weighted by Gasteiger charge is 2.43. The first-order valence-electron chi connectivity index (χ1n) is 8.55. The minimum Gasteiger partial charge on any atom is -0.350 e. The lowest BCUT2D eigenvalue weighted by Crippen LogP contribution is -2.57. The number of pyridine rings is 1. The van der Waals surface area contributed by atoms with Crippen molar-refractivity contribution in [2.24, 2.45) is 0 Å². The van der Waals surface area contributed by atoms with Gasteiger partial charge in [-0.2, -0.15) is 13.2 Å². The molecule has 1 saturated heterocycles. The van der Waals surface area contributed by atoms with Gasteiger partial charge in [-0.1, -0.05) is 6.07 Å². The fourth-order valence-corrected chi connectivity index (χ4v) is 3.07. The molecule has 0 radical (unpaired) electrons. The normalized spacial score (nSPS) is 16.4. The summed E-state index contributed by atoms with van der Waals surface area (Å²) < 4.78 is 41.4. The van der Waals surface area contributed by atoms with Crippen LogP contribution in [0.5, 0.6) is 0 Å². The third kappa shape index (κ3) is 4.81. The van der Waals surface area contributed by atoms with Crippen LogP contribution in [-0.4, -0.2) is 65.1 Å². The van der Waals surface area contributed by atoms with Gasteiger partial charge in [-0.25, -0.2) is 4.98 Å². The van der Waals surface area contributed by atoms with Crippen LogP contribution in [0.1, 0.15) is 15.9 Å². The molecule has 154 valence electrons. The van der Waals surface area contributed by atoms with Gasteiger partial charge < -0.3 is 10.6 Å². The molecular formula is C17H21ClF3N5O2. The maximum atomic E-state index is 13.4. The zero-order chi connectivity index (χ0) is 19.6. The maximum Gasteiger partial charge on any atom is 0.405 e. The Kier molecular flexibility index (Phi) is 7.02. The van der Waals surface area contributed by atoms with Gasteiger partial charge in [0.25, 0.3) is 11.5 Å². The standard InChI is InChI=1S/C17H20F3N5O2.ClH/c1-11-2-3-14-22-8-12(16(27)25(14)10-11)15(26)23-9-13(17(18,19)20)24-6-4-21-5-7-24;/h2-3,8,10,13,21H,4-7,9H2,1H3,(H,23,26);1H. The number of carbonyl (C=O) groups is 1. The Morgan fingerprint density at radius 3 is 2.64 bits per heavy atom. The van der Waals surface area contributed by atoms with E-state index in [0.717, 1.165) is 11.8 Å². The third-order valence-corrected chi connectivity index (χ3v) is 4.52. The number of piperazine rings is 1. The van der Waals surface area contributed by atoms with Crippen molar-refractivity contribution in [1.82, 2.24) is 24.9 Å². The molecule has 11 heteroatoms. The van der Waals surface area contributed by atoms with Crippen molar-refractivity contribution in [2.75, 3.05) is 32.7 Å². The molecule has 0 aliphatic carbocycles. The number of aromatic nitrogens is 2. The lowest BCUT2D eigenvalue weighted by atomic mass is 10.2. The van der Waals surface area contributed by atoms with Crippen molar-refractivity contribution < 1.29 is 18.0 Å². The van der Waals surface area contributed by atoms with Crippen molar-refractivity contribution in [3.05, 3.63) is 46.0 Å². The average Bonchev–Trinajstić information content (AvgIpc) is 2.62. The molecule has 28 heavy (non-hydrogen) atoms. The molecule has 3 rings (SSSR count). The summed E-state index contributed by atoms with van der Waals surface area (Å²) in [4.78, 5) is 30.1. The number of amides is 1. The molecule has 0 saturated carbocycles. The van der Waals surface area contributed by atoms with Crippen LogP contribution in [0.25, 0.3) is 5.65 Å². The van der Waals surface area contributed by atoms with Crippen LogP contribution < -0.4 is 16.2 Å². The molecule has 1 unspecified atom stereocenters. The first kappa shape index (κ1) is 22.1. The first-order chi connectivity index (χ1) is 12.8. The highest BCUT2D eigenvalue weighted by atomic mass is 35.5. The predicted octanol–water partition coefficient (Wildman–Crippen LogP) is 0.991. The molecule has 0 bridgehead atoms. The number of nitrogens with zero attached hydrogens (tertiary/aromatic N) is 3. The second-order valence-electron chi connectivity index (χ2n) is 6.47. The van der Waals surface area contributed by atoms with Gasteiger partial charge in [-0.15, -0.1) is 12.4 Å². The van der Waals surface area contributed by atoms with E-state index in [-0.39, 0.29) is 31.1 Å². The molecule has 7 nitrogen and oxygen atoms in total. The van der Waals surface area contributed by atoms with E-state index in [1.54, 1.807) is 19.1 Å².